The molecule has 0 amide bonds. The highest BCUT2D eigenvalue weighted by Gasteiger charge is 2.20. The van der Waals surface area contributed by atoms with Crippen LogP contribution >= 0.6 is 0 Å². The van der Waals surface area contributed by atoms with E-state index in [1.54, 1.807) is 30.3 Å². The Kier molecular flexibility index (Phi) is 4.67. The highest BCUT2D eigenvalue weighted by molar-refractivity contribution is 7.92. The first-order valence-electron chi connectivity index (χ1n) is 6.39. The molecule has 0 unspecified atom stereocenters. The SMILES string of the molecule is COc1ccc(CC(=O)O)cc1S(=O)(=O)Nc1ccccc1. The maximum absolute atomic E-state index is 12.5. The molecule has 7 heteroatoms. The molecule has 0 saturated carbocycles. The third kappa shape index (κ3) is 3.76. The van der Waals surface area contributed by atoms with Gasteiger partial charge in [-0.25, -0.2) is 8.42 Å². The minimum absolute atomic E-state index is 0.0994. The van der Waals surface area contributed by atoms with Crippen molar-refractivity contribution in [3.8, 4) is 5.75 Å². The van der Waals surface area contributed by atoms with Crippen LogP contribution in [-0.4, -0.2) is 26.6 Å². The predicted octanol–water partition coefficient (Wildman–Crippen LogP) is 2.12. The lowest BCUT2D eigenvalue weighted by Gasteiger charge is -2.12. The lowest BCUT2D eigenvalue weighted by atomic mass is 10.1. The Bertz CT molecular complexity index is 772. The summed E-state index contributed by atoms with van der Waals surface area (Å²) < 4.78 is 32.5. The monoisotopic (exact) mass is 321 g/mol. The third-order valence-corrected chi connectivity index (χ3v) is 4.30. The lowest BCUT2D eigenvalue weighted by molar-refractivity contribution is -0.136. The van der Waals surface area contributed by atoms with Crippen molar-refractivity contribution in [1.82, 2.24) is 0 Å². The van der Waals surface area contributed by atoms with Crippen molar-refractivity contribution in [2.75, 3.05) is 11.8 Å². The second-order valence-electron chi connectivity index (χ2n) is 4.53. The van der Waals surface area contributed by atoms with Crippen LogP contribution in [0.25, 0.3) is 0 Å². The summed E-state index contributed by atoms with van der Waals surface area (Å²) in [6.07, 6.45) is -0.266. The van der Waals surface area contributed by atoms with E-state index >= 15 is 0 Å². The van der Waals surface area contributed by atoms with Gasteiger partial charge in [0.2, 0.25) is 0 Å². The van der Waals surface area contributed by atoms with Crippen LogP contribution in [0.3, 0.4) is 0 Å². The van der Waals surface area contributed by atoms with Gasteiger partial charge >= 0.3 is 5.97 Å². The van der Waals surface area contributed by atoms with Crippen molar-refractivity contribution >= 4 is 21.7 Å². The number of para-hydroxylation sites is 1. The Labute approximate surface area is 128 Å². The predicted molar refractivity (Wildman–Crippen MR) is 81.6 cm³/mol. The zero-order valence-corrected chi connectivity index (χ0v) is 12.6. The summed E-state index contributed by atoms with van der Waals surface area (Å²) in [4.78, 5) is 10.7. The number of carbonyl (C=O) groups is 1. The Morgan fingerprint density at radius 1 is 1.18 bits per heavy atom. The van der Waals surface area contributed by atoms with Crippen molar-refractivity contribution in [3.05, 3.63) is 54.1 Å². The molecule has 0 spiro atoms. The average Bonchev–Trinajstić information content (AvgIpc) is 2.47. The molecule has 2 rings (SSSR count). The van der Waals surface area contributed by atoms with E-state index < -0.39 is 16.0 Å². The summed E-state index contributed by atoms with van der Waals surface area (Å²) >= 11 is 0. The molecule has 0 bridgehead atoms. The number of carboxylic acid groups (broad SMARTS) is 1. The molecule has 0 radical (unpaired) electrons. The number of hydrogen-bond donors (Lipinski definition) is 2. The van der Waals surface area contributed by atoms with Crippen LogP contribution in [0.1, 0.15) is 5.56 Å². The molecule has 0 aliphatic carbocycles. The Morgan fingerprint density at radius 3 is 2.45 bits per heavy atom. The molecule has 2 aromatic rings. The van der Waals surface area contributed by atoms with Crippen molar-refractivity contribution in [2.45, 2.75) is 11.3 Å². The standard InChI is InChI=1S/C15H15NO5S/c1-21-13-8-7-11(10-15(17)18)9-14(13)22(19,20)16-12-5-3-2-4-6-12/h2-9,16H,10H2,1H3,(H,17,18). The number of methoxy groups -OCH3 is 1. The summed E-state index contributed by atoms with van der Waals surface area (Å²) in [5.74, 6) is -0.887. The summed E-state index contributed by atoms with van der Waals surface area (Å²) in [6, 6.07) is 12.7. The third-order valence-electron chi connectivity index (χ3n) is 2.90. The molecule has 2 aromatic carbocycles. The molecule has 0 fully saturated rings. The van der Waals surface area contributed by atoms with Gasteiger partial charge in [-0.1, -0.05) is 24.3 Å². The van der Waals surface area contributed by atoms with Crippen LogP contribution < -0.4 is 9.46 Å². The normalized spacial score (nSPS) is 11.0. The molecule has 0 saturated heterocycles. The second kappa shape index (κ2) is 6.48. The quantitative estimate of drug-likeness (QED) is 0.850. The molecule has 0 atom stereocenters. The molecule has 0 heterocycles. The minimum Gasteiger partial charge on any atom is -0.495 e. The number of anilines is 1. The van der Waals surface area contributed by atoms with Gasteiger partial charge in [0.1, 0.15) is 10.6 Å². The fourth-order valence-corrected chi connectivity index (χ4v) is 3.21. The van der Waals surface area contributed by atoms with E-state index in [2.05, 4.69) is 4.72 Å². The maximum atomic E-state index is 12.5. The number of ether oxygens (including phenoxy) is 1. The van der Waals surface area contributed by atoms with Crippen LogP contribution in [0, 0.1) is 0 Å². The number of nitrogens with one attached hydrogen (secondary N) is 1. The number of hydrogen-bond acceptors (Lipinski definition) is 4. The van der Waals surface area contributed by atoms with Crippen LogP contribution in [0.2, 0.25) is 0 Å². The van der Waals surface area contributed by atoms with Crippen LogP contribution in [0.5, 0.6) is 5.75 Å². The van der Waals surface area contributed by atoms with E-state index in [1.165, 1.54) is 25.3 Å². The fraction of sp³-hybridized carbons (Fsp3) is 0.133. The first-order valence-corrected chi connectivity index (χ1v) is 7.87. The summed E-state index contributed by atoms with van der Waals surface area (Å²) in [6.45, 7) is 0. The summed E-state index contributed by atoms with van der Waals surface area (Å²) in [5.41, 5.74) is 0.787. The molecule has 2 N–H and O–H groups in total. The highest BCUT2D eigenvalue weighted by Crippen LogP contribution is 2.27. The van der Waals surface area contributed by atoms with E-state index in [9.17, 15) is 13.2 Å². The molecule has 0 aliphatic rings. The number of benzene rings is 2. The van der Waals surface area contributed by atoms with Gasteiger partial charge in [-0.3, -0.25) is 9.52 Å². The molecular weight excluding hydrogens is 306 g/mol. The van der Waals surface area contributed by atoms with E-state index in [-0.39, 0.29) is 17.1 Å². The Morgan fingerprint density at radius 2 is 1.86 bits per heavy atom. The van der Waals surface area contributed by atoms with Gasteiger partial charge in [0.25, 0.3) is 10.0 Å². The van der Waals surface area contributed by atoms with Gasteiger partial charge in [0, 0.05) is 5.69 Å². The van der Waals surface area contributed by atoms with Crippen LogP contribution in [-0.2, 0) is 21.2 Å². The molecular formula is C15H15NO5S. The Balaban J connectivity index is 2.42. The van der Waals surface area contributed by atoms with Crippen LogP contribution in [0.4, 0.5) is 5.69 Å². The number of aliphatic carboxylic acids is 1. The molecule has 6 nitrogen and oxygen atoms in total. The van der Waals surface area contributed by atoms with Crippen molar-refractivity contribution in [1.29, 1.82) is 0 Å². The topological polar surface area (TPSA) is 92.7 Å². The average molecular weight is 321 g/mol. The number of rotatable bonds is 6. The number of carboxylic acids is 1. The van der Waals surface area contributed by atoms with E-state index in [1.807, 2.05) is 0 Å². The summed E-state index contributed by atoms with van der Waals surface area (Å²) in [5, 5.41) is 8.83. The smallest absolute Gasteiger partial charge is 0.307 e. The number of sulfonamides is 1. The Hall–Kier alpha value is -2.54. The van der Waals surface area contributed by atoms with Gasteiger partial charge in [-0.15, -0.1) is 0 Å². The second-order valence-corrected chi connectivity index (χ2v) is 6.18. The molecule has 22 heavy (non-hydrogen) atoms. The van der Waals surface area contributed by atoms with Crippen molar-refractivity contribution in [2.24, 2.45) is 0 Å². The first-order chi connectivity index (χ1) is 10.4. The maximum Gasteiger partial charge on any atom is 0.307 e. The highest BCUT2D eigenvalue weighted by atomic mass is 32.2. The molecule has 0 aromatic heterocycles. The van der Waals surface area contributed by atoms with E-state index in [0.29, 0.717) is 11.3 Å². The van der Waals surface area contributed by atoms with Gasteiger partial charge in [-0.2, -0.15) is 0 Å². The van der Waals surface area contributed by atoms with E-state index in [4.69, 9.17) is 9.84 Å². The van der Waals surface area contributed by atoms with Gasteiger partial charge in [0.05, 0.1) is 13.5 Å². The zero-order chi connectivity index (χ0) is 16.2. The van der Waals surface area contributed by atoms with Gasteiger partial charge in [0.15, 0.2) is 0 Å². The largest absolute Gasteiger partial charge is 0.495 e. The van der Waals surface area contributed by atoms with Crippen LogP contribution in [0.15, 0.2) is 53.4 Å². The minimum atomic E-state index is -3.88. The van der Waals surface area contributed by atoms with Gasteiger partial charge < -0.3 is 9.84 Å². The molecule has 116 valence electrons. The van der Waals surface area contributed by atoms with Crippen molar-refractivity contribution in [3.63, 3.8) is 0 Å². The molecule has 0 aliphatic heterocycles. The zero-order valence-electron chi connectivity index (χ0n) is 11.8. The first kappa shape index (κ1) is 15.8. The van der Waals surface area contributed by atoms with Gasteiger partial charge in [-0.05, 0) is 29.8 Å². The lowest BCUT2D eigenvalue weighted by Crippen LogP contribution is -2.14. The van der Waals surface area contributed by atoms with E-state index in [0.717, 1.165) is 0 Å². The summed E-state index contributed by atoms with van der Waals surface area (Å²) in [7, 11) is -2.53. The fourth-order valence-electron chi connectivity index (χ4n) is 1.93. The van der Waals surface area contributed by atoms with Crippen molar-refractivity contribution < 1.29 is 23.1 Å².